The fraction of sp³-hybridized carbons (Fsp3) is 0.323. The minimum absolute atomic E-state index is 0.113. The summed E-state index contributed by atoms with van der Waals surface area (Å²) in [7, 11) is 1.92. The van der Waals surface area contributed by atoms with Crippen molar-refractivity contribution in [3.8, 4) is 17.0 Å². The predicted molar refractivity (Wildman–Crippen MR) is 144 cm³/mol. The quantitative estimate of drug-likeness (QED) is 0.393. The second kappa shape index (κ2) is 9.63. The normalized spacial score (nSPS) is 19.1. The van der Waals surface area contributed by atoms with Crippen LogP contribution < -0.4 is 4.74 Å². The standard InChI is InChI=1S/C31H32N2O5/c1-18-12-13-31(30(36)37,16-24(18)29(34)35)26-7-5-6-23(21-8-9-21)25(26)17-38-28-11-10-22(14-19(28)2)27-15-20(3)33(4)32-27/h5-7,10-15,21H,8-9,16-17H2,1-4H3,(H,34,35)(H,36,37). The summed E-state index contributed by atoms with van der Waals surface area (Å²) >= 11 is 0. The first kappa shape index (κ1) is 25.5. The zero-order valence-electron chi connectivity index (χ0n) is 22.1. The molecule has 1 fully saturated rings. The summed E-state index contributed by atoms with van der Waals surface area (Å²) in [6, 6.07) is 13.7. The molecule has 7 nitrogen and oxygen atoms in total. The number of rotatable bonds is 8. The first-order valence-corrected chi connectivity index (χ1v) is 12.8. The lowest BCUT2D eigenvalue weighted by atomic mass is 9.69. The first-order chi connectivity index (χ1) is 18.1. The van der Waals surface area contributed by atoms with Crippen LogP contribution in [0.4, 0.5) is 0 Å². The smallest absolute Gasteiger partial charge is 0.331 e. The second-order valence-corrected chi connectivity index (χ2v) is 10.5. The number of hydrogen-bond acceptors (Lipinski definition) is 4. The van der Waals surface area contributed by atoms with Crippen molar-refractivity contribution in [1.82, 2.24) is 9.78 Å². The molecule has 2 aliphatic carbocycles. The van der Waals surface area contributed by atoms with Gasteiger partial charge in [0.1, 0.15) is 17.8 Å². The molecule has 38 heavy (non-hydrogen) atoms. The van der Waals surface area contributed by atoms with Crippen LogP contribution in [0.3, 0.4) is 0 Å². The van der Waals surface area contributed by atoms with Gasteiger partial charge in [-0.3, -0.25) is 9.48 Å². The second-order valence-electron chi connectivity index (χ2n) is 10.5. The van der Waals surface area contributed by atoms with Gasteiger partial charge < -0.3 is 14.9 Å². The van der Waals surface area contributed by atoms with Crippen molar-refractivity contribution in [2.75, 3.05) is 0 Å². The number of hydrogen-bond donors (Lipinski definition) is 2. The zero-order valence-corrected chi connectivity index (χ0v) is 22.1. The highest BCUT2D eigenvalue weighted by atomic mass is 16.5. The van der Waals surface area contributed by atoms with Gasteiger partial charge in [0.25, 0.3) is 0 Å². The predicted octanol–water partition coefficient (Wildman–Crippen LogP) is 5.84. The number of benzene rings is 2. The summed E-state index contributed by atoms with van der Waals surface area (Å²) in [5, 5.41) is 24.8. The van der Waals surface area contributed by atoms with Crippen LogP contribution in [0.2, 0.25) is 0 Å². The van der Waals surface area contributed by atoms with Crippen LogP contribution in [0.15, 0.2) is 65.8 Å². The van der Waals surface area contributed by atoms with Gasteiger partial charge in [-0.15, -0.1) is 0 Å². The Morgan fingerprint density at radius 3 is 2.47 bits per heavy atom. The molecule has 0 spiro atoms. The number of ether oxygens (including phenoxy) is 1. The molecule has 2 aliphatic rings. The van der Waals surface area contributed by atoms with E-state index in [2.05, 4.69) is 5.10 Å². The van der Waals surface area contributed by atoms with E-state index >= 15 is 0 Å². The molecule has 1 atom stereocenters. The maximum atomic E-state index is 12.8. The van der Waals surface area contributed by atoms with Crippen molar-refractivity contribution >= 4 is 11.9 Å². The van der Waals surface area contributed by atoms with E-state index in [4.69, 9.17) is 4.74 Å². The molecule has 5 rings (SSSR count). The third-order valence-corrected chi connectivity index (χ3v) is 7.86. The van der Waals surface area contributed by atoms with E-state index < -0.39 is 17.4 Å². The molecular formula is C31H32N2O5. The molecule has 3 aromatic rings. The van der Waals surface area contributed by atoms with E-state index in [9.17, 15) is 19.8 Å². The van der Waals surface area contributed by atoms with Gasteiger partial charge in [-0.1, -0.05) is 30.4 Å². The van der Waals surface area contributed by atoms with E-state index in [1.165, 1.54) is 0 Å². The van der Waals surface area contributed by atoms with Crippen molar-refractivity contribution in [3.05, 3.63) is 93.7 Å². The summed E-state index contributed by atoms with van der Waals surface area (Å²) < 4.78 is 8.19. The van der Waals surface area contributed by atoms with Gasteiger partial charge in [-0.25, -0.2) is 4.79 Å². The van der Waals surface area contributed by atoms with E-state index in [0.717, 1.165) is 46.5 Å². The number of nitrogens with zero attached hydrogens (tertiary/aromatic N) is 2. The van der Waals surface area contributed by atoms with Gasteiger partial charge >= 0.3 is 11.9 Å². The summed E-state index contributed by atoms with van der Waals surface area (Å²) in [6.07, 6.45) is 5.24. The number of carboxylic acid groups (broad SMARTS) is 2. The van der Waals surface area contributed by atoms with Crippen molar-refractivity contribution in [1.29, 1.82) is 0 Å². The molecule has 1 aromatic heterocycles. The monoisotopic (exact) mass is 512 g/mol. The lowest BCUT2D eigenvalue weighted by Gasteiger charge is -2.33. The number of carbonyl (C=O) groups is 2. The number of aromatic nitrogens is 2. The van der Waals surface area contributed by atoms with Crippen LogP contribution in [0.25, 0.3) is 11.3 Å². The highest BCUT2D eigenvalue weighted by molar-refractivity contribution is 5.94. The van der Waals surface area contributed by atoms with Crippen LogP contribution in [0, 0.1) is 13.8 Å². The fourth-order valence-electron chi connectivity index (χ4n) is 5.32. The minimum atomic E-state index is -1.48. The van der Waals surface area contributed by atoms with E-state index in [1.54, 1.807) is 19.1 Å². The van der Waals surface area contributed by atoms with Crippen LogP contribution in [0.5, 0.6) is 5.75 Å². The van der Waals surface area contributed by atoms with Gasteiger partial charge in [0, 0.05) is 30.3 Å². The molecule has 1 heterocycles. The fourth-order valence-corrected chi connectivity index (χ4v) is 5.32. The van der Waals surface area contributed by atoms with Crippen LogP contribution >= 0.6 is 0 Å². The molecule has 0 amide bonds. The average molecular weight is 513 g/mol. The molecule has 7 heteroatoms. The Bertz CT molecular complexity index is 1490. The number of allylic oxidation sites excluding steroid dienone is 2. The minimum Gasteiger partial charge on any atom is -0.489 e. The summed E-state index contributed by atoms with van der Waals surface area (Å²) in [5.41, 5.74) is 5.63. The van der Waals surface area contributed by atoms with Crippen LogP contribution in [0.1, 0.15) is 60.1 Å². The zero-order chi connectivity index (χ0) is 27.2. The topological polar surface area (TPSA) is 102 Å². The molecule has 0 bridgehead atoms. The van der Waals surface area contributed by atoms with Gasteiger partial charge in [-0.05, 0) is 91.6 Å². The molecule has 1 unspecified atom stereocenters. The highest BCUT2D eigenvalue weighted by Crippen LogP contribution is 2.47. The molecule has 2 N–H and O–H groups in total. The third kappa shape index (κ3) is 4.53. The van der Waals surface area contributed by atoms with Crippen molar-refractivity contribution in [2.24, 2.45) is 7.05 Å². The molecule has 1 saturated carbocycles. The van der Waals surface area contributed by atoms with E-state index in [0.29, 0.717) is 22.8 Å². The Kier molecular flexibility index (Phi) is 6.47. The van der Waals surface area contributed by atoms with Gasteiger partial charge in [-0.2, -0.15) is 5.10 Å². The molecule has 0 saturated heterocycles. The molecular weight excluding hydrogens is 480 g/mol. The molecule has 2 aromatic carbocycles. The lowest BCUT2D eigenvalue weighted by Crippen LogP contribution is -2.38. The highest BCUT2D eigenvalue weighted by Gasteiger charge is 2.44. The van der Waals surface area contributed by atoms with Gasteiger partial charge in [0.2, 0.25) is 0 Å². The van der Waals surface area contributed by atoms with Crippen molar-refractivity contribution < 1.29 is 24.5 Å². The Labute approximate surface area is 222 Å². The number of aryl methyl sites for hydroxylation is 3. The molecule has 0 radical (unpaired) electrons. The SMILES string of the molecule is CC1=C(C(=O)O)CC(C(=O)O)(c2cccc(C3CC3)c2COc2ccc(-c3cc(C)n(C)n3)cc2C)C=C1. The molecule has 0 aliphatic heterocycles. The number of aliphatic carboxylic acids is 2. The van der Waals surface area contributed by atoms with Crippen molar-refractivity contribution in [2.45, 2.75) is 58.0 Å². The number of carboxylic acids is 2. The van der Waals surface area contributed by atoms with Gasteiger partial charge in [0.15, 0.2) is 0 Å². The first-order valence-electron chi connectivity index (χ1n) is 12.8. The Hall–Kier alpha value is -4.13. The largest absolute Gasteiger partial charge is 0.489 e. The summed E-state index contributed by atoms with van der Waals surface area (Å²) in [6.45, 7) is 5.89. The third-order valence-electron chi connectivity index (χ3n) is 7.86. The maximum Gasteiger partial charge on any atom is 0.331 e. The lowest BCUT2D eigenvalue weighted by molar-refractivity contribution is -0.142. The Morgan fingerprint density at radius 2 is 1.87 bits per heavy atom. The average Bonchev–Trinajstić information content (AvgIpc) is 3.67. The van der Waals surface area contributed by atoms with E-state index in [-0.39, 0.29) is 18.6 Å². The molecule has 196 valence electrons. The van der Waals surface area contributed by atoms with Crippen LogP contribution in [-0.2, 0) is 28.7 Å². The van der Waals surface area contributed by atoms with E-state index in [1.807, 2.05) is 68.0 Å². The Morgan fingerprint density at radius 1 is 1.11 bits per heavy atom. The van der Waals surface area contributed by atoms with Crippen molar-refractivity contribution in [3.63, 3.8) is 0 Å². The maximum absolute atomic E-state index is 12.8. The Balaban J connectivity index is 1.51. The summed E-state index contributed by atoms with van der Waals surface area (Å²) in [5.74, 6) is -1.09. The van der Waals surface area contributed by atoms with Gasteiger partial charge in [0.05, 0.1) is 5.69 Å². The van der Waals surface area contributed by atoms with Crippen LogP contribution in [-0.4, -0.2) is 31.9 Å². The summed E-state index contributed by atoms with van der Waals surface area (Å²) in [4.78, 5) is 24.8.